The molecule has 0 bridgehead atoms. The van der Waals surface area contributed by atoms with Crippen LogP contribution in [0.5, 0.6) is 0 Å². The maximum atomic E-state index is 12.3. The lowest BCUT2D eigenvalue weighted by molar-refractivity contribution is -0.115. The number of carbonyl (C=O) groups excluding carboxylic acids is 1. The number of hydrogen-bond acceptors (Lipinski definition) is 5. The fourth-order valence-corrected chi connectivity index (χ4v) is 4.89. The normalized spacial score (nSPS) is 21.9. The first-order valence-corrected chi connectivity index (χ1v) is 11.3. The highest BCUT2D eigenvalue weighted by atomic mass is 32.2. The van der Waals surface area contributed by atoms with Crippen LogP contribution in [-0.2, 0) is 14.6 Å². The topological polar surface area (TPSA) is 78.8 Å². The highest BCUT2D eigenvalue weighted by molar-refractivity contribution is 7.91. The third-order valence-electron chi connectivity index (χ3n) is 5.51. The van der Waals surface area contributed by atoms with E-state index < -0.39 is 9.84 Å². The molecule has 0 aromatic heterocycles. The van der Waals surface area contributed by atoms with Crippen LogP contribution in [0.3, 0.4) is 0 Å². The van der Waals surface area contributed by atoms with Gasteiger partial charge in [0.25, 0.3) is 0 Å². The molecule has 2 aromatic rings. The first-order chi connectivity index (χ1) is 13.3. The quantitative estimate of drug-likeness (QED) is 0.805. The van der Waals surface area contributed by atoms with Crippen molar-refractivity contribution in [1.29, 1.82) is 0 Å². The predicted octanol–water partition coefficient (Wildman–Crippen LogP) is 3.06. The van der Waals surface area contributed by atoms with E-state index in [-0.39, 0.29) is 17.1 Å². The van der Waals surface area contributed by atoms with Crippen LogP contribution in [-0.4, -0.2) is 45.1 Å². The zero-order chi connectivity index (χ0) is 19.9. The molecule has 1 fully saturated rings. The molecule has 0 radical (unpaired) electrons. The maximum Gasteiger partial charge on any atom is 0.237 e. The van der Waals surface area contributed by atoms with E-state index in [0.717, 1.165) is 34.7 Å². The van der Waals surface area contributed by atoms with Crippen molar-refractivity contribution in [2.75, 3.05) is 29.6 Å². The Morgan fingerprint density at radius 2 is 1.93 bits per heavy atom. The number of rotatable bonds is 4. The van der Waals surface area contributed by atoms with Crippen LogP contribution >= 0.6 is 0 Å². The van der Waals surface area contributed by atoms with E-state index in [1.54, 1.807) is 6.21 Å². The van der Waals surface area contributed by atoms with E-state index in [0.29, 0.717) is 13.0 Å². The smallest absolute Gasteiger partial charge is 0.237 e. The van der Waals surface area contributed by atoms with Crippen LogP contribution in [0.25, 0.3) is 0 Å². The molecule has 2 atom stereocenters. The van der Waals surface area contributed by atoms with Crippen LogP contribution in [0.2, 0.25) is 0 Å². The third-order valence-corrected chi connectivity index (χ3v) is 7.11. The summed E-state index contributed by atoms with van der Waals surface area (Å²) in [4.78, 5) is 18.9. The van der Waals surface area contributed by atoms with Crippen LogP contribution in [0.4, 0.5) is 17.1 Å². The number of sulfone groups is 1. The lowest BCUT2D eigenvalue weighted by atomic mass is 9.97. The second-order valence-corrected chi connectivity index (χ2v) is 9.81. The molecule has 146 valence electrons. The third kappa shape index (κ3) is 3.54. The molecule has 1 saturated heterocycles. The maximum absolute atomic E-state index is 12.3. The van der Waals surface area contributed by atoms with Gasteiger partial charge in [0.2, 0.25) is 5.91 Å². The minimum atomic E-state index is -3.01. The largest absolute Gasteiger partial charge is 0.370 e. The molecule has 1 N–H and O–H groups in total. The molecule has 28 heavy (non-hydrogen) atoms. The number of hydrogen-bond donors (Lipinski definition) is 1. The Morgan fingerprint density at radius 1 is 1.18 bits per heavy atom. The van der Waals surface area contributed by atoms with Crippen molar-refractivity contribution in [2.45, 2.75) is 24.5 Å². The summed E-state index contributed by atoms with van der Waals surface area (Å²) in [6.45, 7) is 3.26. The molecule has 2 heterocycles. The number of aliphatic imine (C=N–C) groups is 1. The van der Waals surface area contributed by atoms with Gasteiger partial charge in [-0.15, -0.1) is 0 Å². The van der Waals surface area contributed by atoms with Gasteiger partial charge >= 0.3 is 0 Å². The number of aryl methyl sites for hydroxylation is 1. The summed E-state index contributed by atoms with van der Waals surface area (Å²) < 4.78 is 23.5. The van der Waals surface area contributed by atoms with Crippen molar-refractivity contribution in [3.63, 3.8) is 0 Å². The van der Waals surface area contributed by atoms with E-state index >= 15 is 0 Å². The van der Waals surface area contributed by atoms with Gasteiger partial charge < -0.3 is 10.2 Å². The molecular formula is C21H23N3O3S. The Labute approximate surface area is 165 Å². The standard InChI is InChI=1S/C21H23N3O3S/c1-14-4-3-5-19-20(14)18(21(25)23-19)12-22-15-6-8-16(9-7-15)24-11-10-17(13-24)28(2,26)27/h3-9,12,17-18H,10-11,13H2,1-2H3,(H,23,25). The van der Waals surface area contributed by atoms with Gasteiger partial charge in [-0.1, -0.05) is 12.1 Å². The summed E-state index contributed by atoms with van der Waals surface area (Å²) in [5.41, 5.74) is 4.66. The zero-order valence-electron chi connectivity index (χ0n) is 15.9. The summed E-state index contributed by atoms with van der Waals surface area (Å²) >= 11 is 0. The van der Waals surface area contributed by atoms with Crippen LogP contribution in [0.1, 0.15) is 23.5 Å². The number of carbonyl (C=O) groups is 1. The van der Waals surface area contributed by atoms with Crippen LogP contribution < -0.4 is 10.2 Å². The highest BCUT2D eigenvalue weighted by Gasteiger charge is 2.31. The number of amides is 1. The SMILES string of the molecule is Cc1cccc2c1C(C=Nc1ccc(N3CCC(S(C)(=O)=O)C3)cc1)C(=O)N2. The Balaban J connectivity index is 1.48. The monoisotopic (exact) mass is 397 g/mol. The van der Waals surface area contributed by atoms with Gasteiger partial charge in [-0.3, -0.25) is 9.79 Å². The van der Waals surface area contributed by atoms with Crippen molar-refractivity contribution in [1.82, 2.24) is 0 Å². The average Bonchev–Trinajstić information content (AvgIpc) is 3.26. The van der Waals surface area contributed by atoms with E-state index in [4.69, 9.17) is 0 Å². The predicted molar refractivity (Wildman–Crippen MR) is 113 cm³/mol. The first-order valence-electron chi connectivity index (χ1n) is 9.31. The minimum absolute atomic E-state index is 0.0615. The molecular weight excluding hydrogens is 374 g/mol. The second-order valence-electron chi connectivity index (χ2n) is 7.48. The summed E-state index contributed by atoms with van der Waals surface area (Å²) in [7, 11) is -3.01. The number of nitrogens with zero attached hydrogens (tertiary/aromatic N) is 2. The molecule has 2 aromatic carbocycles. The lowest BCUT2D eigenvalue weighted by Crippen LogP contribution is -2.25. The Hall–Kier alpha value is -2.67. The molecule has 0 aliphatic carbocycles. The van der Waals surface area contributed by atoms with Crippen LogP contribution in [0.15, 0.2) is 47.5 Å². The number of anilines is 2. The van der Waals surface area contributed by atoms with Gasteiger partial charge in [0.05, 0.1) is 10.9 Å². The van der Waals surface area contributed by atoms with Gasteiger partial charge in [0.1, 0.15) is 5.92 Å². The highest BCUT2D eigenvalue weighted by Crippen LogP contribution is 2.34. The summed E-state index contributed by atoms with van der Waals surface area (Å²) in [6, 6.07) is 13.5. The fraction of sp³-hybridized carbons (Fsp3) is 0.333. The molecule has 4 rings (SSSR count). The second kappa shape index (κ2) is 7.05. The molecule has 2 unspecified atom stereocenters. The summed E-state index contributed by atoms with van der Waals surface area (Å²) in [6.07, 6.45) is 3.66. The molecule has 6 nitrogen and oxygen atoms in total. The number of nitrogens with one attached hydrogen (secondary N) is 1. The lowest BCUT2D eigenvalue weighted by Gasteiger charge is -2.18. The zero-order valence-corrected chi connectivity index (χ0v) is 16.7. The van der Waals surface area contributed by atoms with Gasteiger partial charge in [0, 0.05) is 36.9 Å². The van der Waals surface area contributed by atoms with Crippen LogP contribution in [0, 0.1) is 6.92 Å². The minimum Gasteiger partial charge on any atom is -0.370 e. The Bertz CT molecular complexity index is 1050. The van der Waals surface area contributed by atoms with E-state index in [9.17, 15) is 13.2 Å². The number of benzene rings is 2. The van der Waals surface area contributed by atoms with Gasteiger partial charge in [0.15, 0.2) is 9.84 Å². The Morgan fingerprint density at radius 3 is 2.61 bits per heavy atom. The summed E-state index contributed by atoms with van der Waals surface area (Å²) in [5, 5.41) is 2.60. The van der Waals surface area contributed by atoms with E-state index in [1.165, 1.54) is 6.26 Å². The molecule has 2 aliphatic heterocycles. The van der Waals surface area contributed by atoms with Gasteiger partial charge in [-0.05, 0) is 54.8 Å². The van der Waals surface area contributed by atoms with Gasteiger partial charge in [-0.2, -0.15) is 0 Å². The number of fused-ring (bicyclic) bond motifs is 1. The molecule has 0 spiro atoms. The van der Waals surface area contributed by atoms with Crippen molar-refractivity contribution in [3.05, 3.63) is 53.6 Å². The fourth-order valence-electron chi connectivity index (χ4n) is 3.91. The first kappa shape index (κ1) is 18.7. The molecule has 0 saturated carbocycles. The van der Waals surface area contributed by atoms with Gasteiger partial charge in [-0.25, -0.2) is 8.42 Å². The molecule has 7 heteroatoms. The van der Waals surface area contributed by atoms with Crippen molar-refractivity contribution in [2.24, 2.45) is 4.99 Å². The summed E-state index contributed by atoms with van der Waals surface area (Å²) in [5.74, 6) is -0.446. The van der Waals surface area contributed by atoms with Crippen molar-refractivity contribution >= 4 is 39.0 Å². The Kier molecular flexibility index (Phi) is 4.71. The van der Waals surface area contributed by atoms with Crippen molar-refractivity contribution < 1.29 is 13.2 Å². The average molecular weight is 398 g/mol. The van der Waals surface area contributed by atoms with Crippen molar-refractivity contribution in [3.8, 4) is 0 Å². The van der Waals surface area contributed by atoms with E-state index in [1.807, 2.05) is 49.4 Å². The molecule has 2 aliphatic rings. The molecule has 1 amide bonds. The van der Waals surface area contributed by atoms with E-state index in [2.05, 4.69) is 15.2 Å².